The van der Waals surface area contributed by atoms with Crippen LogP contribution in [0.2, 0.25) is 0 Å². The fraction of sp³-hybridized carbons (Fsp3) is 0.471. The summed E-state index contributed by atoms with van der Waals surface area (Å²) >= 11 is 0. The Kier molecular flexibility index (Phi) is 4.71. The molecule has 2 heterocycles. The van der Waals surface area contributed by atoms with E-state index in [1.807, 2.05) is 6.07 Å². The molecular formula is C17H21N3O3. The second-order valence-corrected chi connectivity index (χ2v) is 5.92. The van der Waals surface area contributed by atoms with Crippen LogP contribution in [0.25, 0.3) is 10.9 Å². The minimum Gasteiger partial charge on any atom is -0.491 e. The van der Waals surface area contributed by atoms with Crippen LogP contribution in [-0.4, -0.2) is 41.0 Å². The fourth-order valence-corrected chi connectivity index (χ4v) is 3.12. The van der Waals surface area contributed by atoms with Crippen molar-refractivity contribution in [2.45, 2.75) is 26.2 Å². The first-order valence-corrected chi connectivity index (χ1v) is 8.04. The van der Waals surface area contributed by atoms with Crippen molar-refractivity contribution >= 4 is 16.6 Å². The highest BCUT2D eigenvalue weighted by molar-refractivity contribution is 5.89. The Hall–Kier alpha value is -2.21. The van der Waals surface area contributed by atoms with E-state index < -0.39 is 0 Å². The first kappa shape index (κ1) is 15.7. The monoisotopic (exact) mass is 315 g/mol. The summed E-state index contributed by atoms with van der Waals surface area (Å²) in [6.45, 7) is 5.55. The summed E-state index contributed by atoms with van der Waals surface area (Å²) in [4.78, 5) is 17.4. The van der Waals surface area contributed by atoms with Crippen LogP contribution in [0.4, 0.5) is 5.69 Å². The number of fused-ring (bicyclic) bond motifs is 1. The lowest BCUT2D eigenvalue weighted by atomic mass is 10.1. The number of ether oxygens (including phenoxy) is 1. The summed E-state index contributed by atoms with van der Waals surface area (Å²) in [5.74, 6) is 0.741. The summed E-state index contributed by atoms with van der Waals surface area (Å²) in [7, 11) is 0. The van der Waals surface area contributed by atoms with Crippen LogP contribution in [0.3, 0.4) is 0 Å². The van der Waals surface area contributed by atoms with Gasteiger partial charge in [-0.05, 0) is 45.0 Å². The zero-order valence-corrected chi connectivity index (χ0v) is 13.3. The van der Waals surface area contributed by atoms with Crippen LogP contribution in [-0.2, 0) is 0 Å². The topological polar surface area (TPSA) is 68.5 Å². The van der Waals surface area contributed by atoms with Gasteiger partial charge in [-0.15, -0.1) is 0 Å². The molecule has 0 saturated carbocycles. The smallest absolute Gasteiger partial charge is 0.274 e. The van der Waals surface area contributed by atoms with E-state index in [2.05, 4.69) is 9.88 Å². The summed E-state index contributed by atoms with van der Waals surface area (Å²) in [5.41, 5.74) is 1.30. The SMILES string of the molecule is Cc1c([N+](=O)[O-])ccc2c(OCCN3CCCCC3)ccnc12. The molecule has 1 fully saturated rings. The van der Waals surface area contributed by atoms with E-state index in [0.29, 0.717) is 17.7 Å². The number of likely N-dealkylation sites (tertiary alicyclic amines) is 1. The van der Waals surface area contributed by atoms with Crippen LogP contribution in [0.15, 0.2) is 24.4 Å². The second-order valence-electron chi connectivity index (χ2n) is 5.92. The van der Waals surface area contributed by atoms with Gasteiger partial charge in [0.2, 0.25) is 0 Å². The molecule has 6 nitrogen and oxygen atoms in total. The van der Waals surface area contributed by atoms with Gasteiger partial charge < -0.3 is 4.74 Å². The predicted octanol–water partition coefficient (Wildman–Crippen LogP) is 3.32. The van der Waals surface area contributed by atoms with Crippen molar-refractivity contribution in [2.24, 2.45) is 0 Å². The van der Waals surface area contributed by atoms with Crippen molar-refractivity contribution in [3.63, 3.8) is 0 Å². The predicted molar refractivity (Wildman–Crippen MR) is 88.9 cm³/mol. The van der Waals surface area contributed by atoms with Crippen molar-refractivity contribution in [3.05, 3.63) is 40.1 Å². The van der Waals surface area contributed by atoms with Gasteiger partial charge in [0, 0.05) is 24.2 Å². The first-order chi connectivity index (χ1) is 11.2. The van der Waals surface area contributed by atoms with Gasteiger partial charge in [0.1, 0.15) is 12.4 Å². The number of aromatic nitrogens is 1. The Labute approximate surface area is 135 Å². The average Bonchev–Trinajstić information content (AvgIpc) is 2.56. The largest absolute Gasteiger partial charge is 0.491 e. The van der Waals surface area contributed by atoms with Gasteiger partial charge in [-0.1, -0.05) is 6.42 Å². The van der Waals surface area contributed by atoms with Crippen LogP contribution in [0.5, 0.6) is 5.75 Å². The lowest BCUT2D eigenvalue weighted by molar-refractivity contribution is -0.385. The molecule has 0 atom stereocenters. The van der Waals surface area contributed by atoms with E-state index in [0.717, 1.165) is 30.8 Å². The number of nitro groups is 1. The van der Waals surface area contributed by atoms with Crippen LogP contribution >= 0.6 is 0 Å². The van der Waals surface area contributed by atoms with Gasteiger partial charge in [-0.3, -0.25) is 20.0 Å². The summed E-state index contributed by atoms with van der Waals surface area (Å²) in [6.07, 6.45) is 5.50. The Morgan fingerprint density at radius 1 is 1.26 bits per heavy atom. The van der Waals surface area contributed by atoms with E-state index in [1.165, 1.54) is 25.3 Å². The molecule has 1 saturated heterocycles. The molecule has 0 amide bonds. The van der Waals surface area contributed by atoms with Crippen molar-refractivity contribution in [2.75, 3.05) is 26.2 Å². The maximum atomic E-state index is 11.0. The molecule has 1 aliphatic heterocycles. The molecule has 122 valence electrons. The molecule has 23 heavy (non-hydrogen) atoms. The van der Waals surface area contributed by atoms with Crippen LogP contribution in [0.1, 0.15) is 24.8 Å². The number of rotatable bonds is 5. The number of pyridine rings is 1. The maximum Gasteiger partial charge on any atom is 0.274 e. The quantitative estimate of drug-likeness (QED) is 0.625. The zero-order chi connectivity index (χ0) is 16.2. The summed E-state index contributed by atoms with van der Waals surface area (Å²) in [6, 6.07) is 5.07. The standard InChI is InChI=1S/C17H21N3O3/c1-13-15(20(21)22)6-5-14-16(7-8-18-17(13)14)23-12-11-19-9-3-2-4-10-19/h5-8H,2-4,9-12H2,1H3. The Morgan fingerprint density at radius 2 is 2.04 bits per heavy atom. The molecule has 0 N–H and O–H groups in total. The van der Waals surface area contributed by atoms with Gasteiger partial charge in [-0.2, -0.15) is 0 Å². The van der Waals surface area contributed by atoms with E-state index in [4.69, 9.17) is 4.74 Å². The zero-order valence-electron chi connectivity index (χ0n) is 13.3. The lowest BCUT2D eigenvalue weighted by Crippen LogP contribution is -2.33. The third-order valence-corrected chi connectivity index (χ3v) is 4.41. The summed E-state index contributed by atoms with van der Waals surface area (Å²) in [5, 5.41) is 11.9. The van der Waals surface area contributed by atoms with E-state index in [1.54, 1.807) is 19.2 Å². The van der Waals surface area contributed by atoms with Gasteiger partial charge >= 0.3 is 0 Å². The van der Waals surface area contributed by atoms with Crippen LogP contribution < -0.4 is 4.74 Å². The Morgan fingerprint density at radius 3 is 2.78 bits per heavy atom. The van der Waals surface area contributed by atoms with Crippen molar-refractivity contribution in [3.8, 4) is 5.75 Å². The number of nitrogens with zero attached hydrogens (tertiary/aromatic N) is 3. The Bertz CT molecular complexity index is 712. The number of hydrogen-bond acceptors (Lipinski definition) is 5. The molecule has 0 unspecified atom stereocenters. The van der Waals surface area contributed by atoms with Gasteiger partial charge in [-0.25, -0.2) is 0 Å². The lowest BCUT2D eigenvalue weighted by Gasteiger charge is -2.26. The first-order valence-electron chi connectivity index (χ1n) is 8.04. The minimum atomic E-state index is -0.375. The fourth-order valence-electron chi connectivity index (χ4n) is 3.12. The summed E-state index contributed by atoms with van der Waals surface area (Å²) < 4.78 is 5.93. The van der Waals surface area contributed by atoms with Gasteiger partial charge in [0.25, 0.3) is 5.69 Å². The third-order valence-electron chi connectivity index (χ3n) is 4.41. The normalized spacial score (nSPS) is 15.7. The number of nitro benzene ring substituents is 1. The highest BCUT2D eigenvalue weighted by atomic mass is 16.6. The molecule has 1 aromatic carbocycles. The van der Waals surface area contributed by atoms with Crippen molar-refractivity contribution in [1.82, 2.24) is 9.88 Å². The number of piperidine rings is 1. The highest BCUT2D eigenvalue weighted by Gasteiger charge is 2.16. The van der Waals surface area contributed by atoms with Crippen molar-refractivity contribution < 1.29 is 9.66 Å². The van der Waals surface area contributed by atoms with Gasteiger partial charge in [0.05, 0.1) is 16.0 Å². The highest BCUT2D eigenvalue weighted by Crippen LogP contribution is 2.31. The number of hydrogen-bond donors (Lipinski definition) is 0. The maximum absolute atomic E-state index is 11.0. The molecule has 0 spiro atoms. The van der Waals surface area contributed by atoms with E-state index in [-0.39, 0.29) is 10.6 Å². The molecule has 2 aromatic rings. The van der Waals surface area contributed by atoms with E-state index >= 15 is 0 Å². The molecule has 0 aliphatic carbocycles. The molecule has 1 aliphatic rings. The molecule has 3 rings (SSSR count). The number of aryl methyl sites for hydroxylation is 1. The van der Waals surface area contributed by atoms with Gasteiger partial charge in [0.15, 0.2) is 0 Å². The second kappa shape index (κ2) is 6.91. The molecule has 0 bridgehead atoms. The molecule has 0 radical (unpaired) electrons. The average molecular weight is 315 g/mol. The van der Waals surface area contributed by atoms with Crippen LogP contribution in [0, 0.1) is 17.0 Å². The van der Waals surface area contributed by atoms with Crippen molar-refractivity contribution in [1.29, 1.82) is 0 Å². The molecule has 6 heteroatoms. The molecule has 1 aromatic heterocycles. The van der Waals surface area contributed by atoms with E-state index in [9.17, 15) is 10.1 Å². The Balaban J connectivity index is 1.75. The third kappa shape index (κ3) is 3.42. The number of benzene rings is 1. The minimum absolute atomic E-state index is 0.0930. The molecular weight excluding hydrogens is 294 g/mol.